The molecule has 0 atom stereocenters. The van der Waals surface area contributed by atoms with Gasteiger partial charge >= 0.3 is 0 Å². The fraction of sp³-hybridized carbons (Fsp3) is 0.0417. The lowest BCUT2D eigenvalue weighted by atomic mass is 10.0. The first kappa shape index (κ1) is 16.7. The third kappa shape index (κ3) is 2.21. The van der Waals surface area contributed by atoms with E-state index in [1.54, 1.807) is 29.1 Å². The summed E-state index contributed by atoms with van der Waals surface area (Å²) in [4.78, 5) is 33.3. The van der Waals surface area contributed by atoms with Crippen molar-refractivity contribution in [1.29, 1.82) is 0 Å². The fourth-order valence-electron chi connectivity index (χ4n) is 4.27. The summed E-state index contributed by atoms with van der Waals surface area (Å²) >= 11 is 0. The zero-order valence-corrected chi connectivity index (χ0v) is 16.1. The number of aryl methyl sites for hydroxylation is 1. The summed E-state index contributed by atoms with van der Waals surface area (Å²) in [5.41, 5.74) is 4.30. The second-order valence-electron chi connectivity index (χ2n) is 7.50. The van der Waals surface area contributed by atoms with Crippen LogP contribution in [0.1, 0.15) is 5.56 Å². The Morgan fingerprint density at radius 3 is 2.27 bits per heavy atom. The van der Waals surface area contributed by atoms with Crippen molar-refractivity contribution in [2.75, 3.05) is 0 Å². The summed E-state index contributed by atoms with van der Waals surface area (Å²) < 4.78 is 1.72. The van der Waals surface area contributed by atoms with Crippen LogP contribution in [0.2, 0.25) is 0 Å². The third-order valence-corrected chi connectivity index (χ3v) is 5.70. The molecule has 0 spiro atoms. The highest BCUT2D eigenvalue weighted by molar-refractivity contribution is 6.04. The van der Waals surface area contributed by atoms with Crippen molar-refractivity contribution < 1.29 is 0 Å². The molecule has 0 fully saturated rings. The Balaban J connectivity index is 1.80. The summed E-state index contributed by atoms with van der Waals surface area (Å²) in [5.74, 6) is 0. The Morgan fingerprint density at radius 1 is 0.767 bits per heavy atom. The van der Waals surface area contributed by atoms with Crippen LogP contribution in [0.15, 0.2) is 76.6 Å². The highest BCUT2D eigenvalue weighted by atomic mass is 16.1. The highest BCUT2D eigenvalue weighted by Crippen LogP contribution is 2.26. The summed E-state index contributed by atoms with van der Waals surface area (Å²) in [7, 11) is 0. The van der Waals surface area contributed by atoms with Gasteiger partial charge in [0.1, 0.15) is 0 Å². The second kappa shape index (κ2) is 5.90. The topological polar surface area (TPSA) is 83.5 Å². The molecule has 0 aliphatic rings. The maximum absolute atomic E-state index is 13.6. The largest absolute Gasteiger partial charge is 0.354 e. The molecule has 6 nitrogen and oxygen atoms in total. The minimum Gasteiger partial charge on any atom is -0.354 e. The lowest BCUT2D eigenvalue weighted by Crippen LogP contribution is -2.11. The van der Waals surface area contributed by atoms with E-state index < -0.39 is 0 Å². The normalized spacial score (nSPS) is 11.8. The quantitative estimate of drug-likeness (QED) is 0.412. The van der Waals surface area contributed by atoms with E-state index in [4.69, 9.17) is 0 Å². The van der Waals surface area contributed by atoms with Gasteiger partial charge in [0.15, 0.2) is 10.9 Å². The first-order chi connectivity index (χ1) is 14.6. The molecule has 144 valence electrons. The van der Waals surface area contributed by atoms with E-state index in [-0.39, 0.29) is 10.9 Å². The number of hydrogen-bond acceptors (Lipinski definition) is 3. The molecule has 6 heteroatoms. The molecule has 2 N–H and O–H groups in total. The van der Waals surface area contributed by atoms with Crippen molar-refractivity contribution in [3.05, 3.63) is 93.0 Å². The van der Waals surface area contributed by atoms with E-state index in [0.29, 0.717) is 38.1 Å². The number of aromatic nitrogens is 4. The van der Waals surface area contributed by atoms with Crippen LogP contribution in [0.5, 0.6) is 0 Å². The lowest BCUT2D eigenvalue weighted by Gasteiger charge is -2.12. The van der Waals surface area contributed by atoms with Gasteiger partial charge < -0.3 is 9.97 Å². The van der Waals surface area contributed by atoms with Crippen LogP contribution in [-0.2, 0) is 0 Å². The number of H-pyrrole nitrogens is 2. The van der Waals surface area contributed by atoms with Crippen LogP contribution in [0, 0.1) is 6.92 Å². The molecular weight excluding hydrogens is 376 g/mol. The third-order valence-electron chi connectivity index (χ3n) is 5.70. The van der Waals surface area contributed by atoms with E-state index in [1.165, 1.54) is 0 Å². The van der Waals surface area contributed by atoms with Crippen molar-refractivity contribution in [1.82, 2.24) is 19.7 Å². The minimum absolute atomic E-state index is 0.0525. The predicted molar refractivity (Wildman–Crippen MR) is 120 cm³/mol. The number of nitrogens with one attached hydrogen (secondary N) is 2. The molecule has 0 aliphatic heterocycles. The van der Waals surface area contributed by atoms with Crippen LogP contribution in [-0.4, -0.2) is 19.7 Å². The molecular formula is C24H16N4O2. The van der Waals surface area contributed by atoms with Crippen LogP contribution in [0.4, 0.5) is 0 Å². The van der Waals surface area contributed by atoms with Crippen LogP contribution in [0.3, 0.4) is 0 Å². The Labute approximate surface area is 169 Å². The molecule has 30 heavy (non-hydrogen) atoms. The molecule has 3 aromatic heterocycles. The zero-order chi connectivity index (χ0) is 20.4. The minimum atomic E-state index is -0.0937. The molecule has 0 radical (unpaired) electrons. The van der Waals surface area contributed by atoms with Gasteiger partial charge in [-0.25, -0.2) is 4.68 Å². The Hall–Kier alpha value is -4.19. The number of rotatable bonds is 1. The average molecular weight is 392 g/mol. The van der Waals surface area contributed by atoms with Gasteiger partial charge in [-0.3, -0.25) is 9.59 Å². The zero-order valence-electron chi connectivity index (χ0n) is 16.1. The predicted octanol–water partition coefficient (Wildman–Crippen LogP) is 4.17. The summed E-state index contributed by atoms with van der Waals surface area (Å²) in [5, 5.41) is 6.62. The number of aromatic amines is 2. The first-order valence-corrected chi connectivity index (χ1v) is 9.66. The monoisotopic (exact) mass is 392 g/mol. The van der Waals surface area contributed by atoms with E-state index in [9.17, 15) is 9.59 Å². The van der Waals surface area contributed by atoms with Gasteiger partial charge in [-0.05, 0) is 48.9 Å². The summed E-state index contributed by atoms with van der Waals surface area (Å²) in [6, 6.07) is 16.6. The number of pyridine rings is 2. The van der Waals surface area contributed by atoms with Gasteiger partial charge in [-0.2, -0.15) is 5.10 Å². The van der Waals surface area contributed by atoms with Crippen molar-refractivity contribution in [3.63, 3.8) is 0 Å². The van der Waals surface area contributed by atoms with Crippen molar-refractivity contribution in [2.45, 2.75) is 6.92 Å². The number of fused-ring (bicyclic) bond motifs is 4. The van der Waals surface area contributed by atoms with E-state index >= 15 is 0 Å². The van der Waals surface area contributed by atoms with Crippen molar-refractivity contribution in [2.24, 2.45) is 0 Å². The van der Waals surface area contributed by atoms with Crippen LogP contribution >= 0.6 is 0 Å². The van der Waals surface area contributed by atoms with Gasteiger partial charge in [0.05, 0.1) is 27.6 Å². The van der Waals surface area contributed by atoms with Crippen molar-refractivity contribution in [3.8, 4) is 5.69 Å². The molecule has 0 bridgehead atoms. The first-order valence-electron chi connectivity index (χ1n) is 9.66. The van der Waals surface area contributed by atoms with Gasteiger partial charge in [-0.1, -0.05) is 18.2 Å². The Kier molecular flexibility index (Phi) is 3.29. The van der Waals surface area contributed by atoms with Gasteiger partial charge in [0.25, 0.3) is 0 Å². The molecule has 0 saturated carbocycles. The standard InChI is InChI=1S/C24H16N4O2/c1-13-7-8-18-21(22(13)28-10-4-9-25-28)24(30)16-12-19-15(11-20(16)27-18)23(29)14-5-2-3-6-17(14)26-19/h2-12H,1H3,(H,26,29)(H,27,30). The van der Waals surface area contributed by atoms with E-state index in [2.05, 4.69) is 15.1 Å². The number of benzene rings is 3. The second-order valence-corrected chi connectivity index (χ2v) is 7.50. The Bertz CT molecular complexity index is 1740. The summed E-state index contributed by atoms with van der Waals surface area (Å²) in [6.07, 6.45) is 3.52. The SMILES string of the molecule is Cc1ccc2[nH]c3cc4c(=O)c5ccccc5[nH]c4cc3c(=O)c2c1-n1cccn1. The lowest BCUT2D eigenvalue weighted by molar-refractivity contribution is 0.879. The van der Waals surface area contributed by atoms with Crippen molar-refractivity contribution >= 4 is 43.6 Å². The molecule has 0 saturated heterocycles. The average Bonchev–Trinajstić information content (AvgIpc) is 3.28. The van der Waals surface area contributed by atoms with E-state index in [0.717, 1.165) is 16.8 Å². The molecule has 0 amide bonds. The summed E-state index contributed by atoms with van der Waals surface area (Å²) in [6.45, 7) is 1.96. The van der Waals surface area contributed by atoms with Crippen LogP contribution < -0.4 is 10.9 Å². The van der Waals surface area contributed by atoms with Crippen LogP contribution in [0.25, 0.3) is 49.3 Å². The maximum atomic E-state index is 13.6. The maximum Gasteiger partial charge on any atom is 0.199 e. The molecule has 3 heterocycles. The number of nitrogens with zero attached hydrogens (tertiary/aromatic N) is 2. The van der Waals surface area contributed by atoms with Gasteiger partial charge in [0.2, 0.25) is 0 Å². The molecule has 3 aromatic carbocycles. The Morgan fingerprint density at radius 2 is 1.50 bits per heavy atom. The molecule has 0 aliphatic carbocycles. The van der Waals surface area contributed by atoms with Gasteiger partial charge in [-0.15, -0.1) is 0 Å². The molecule has 0 unspecified atom stereocenters. The van der Waals surface area contributed by atoms with Gasteiger partial charge in [0, 0.05) is 34.1 Å². The number of para-hydroxylation sites is 1. The molecule has 6 aromatic rings. The number of hydrogen-bond donors (Lipinski definition) is 2. The van der Waals surface area contributed by atoms with E-state index in [1.807, 2.05) is 49.5 Å². The molecule has 6 rings (SSSR count). The highest BCUT2D eigenvalue weighted by Gasteiger charge is 2.15. The fourth-order valence-corrected chi connectivity index (χ4v) is 4.27. The smallest absolute Gasteiger partial charge is 0.199 e.